The Balaban J connectivity index is 2.17. The molecule has 0 aliphatic rings. The molecule has 0 amide bonds. The molecular formula is C21H16BrN3O2. The van der Waals surface area contributed by atoms with E-state index in [1.165, 1.54) is 11.6 Å². The Morgan fingerprint density at radius 1 is 0.852 bits per heavy atom. The van der Waals surface area contributed by atoms with Gasteiger partial charge in [0, 0.05) is 29.7 Å². The van der Waals surface area contributed by atoms with Crippen molar-refractivity contribution in [2.75, 3.05) is 0 Å². The lowest BCUT2D eigenvalue weighted by atomic mass is 10.0. The molecule has 2 heterocycles. The Morgan fingerprint density at radius 2 is 1.52 bits per heavy atom. The van der Waals surface area contributed by atoms with E-state index in [9.17, 15) is 9.59 Å². The molecule has 0 bridgehead atoms. The highest BCUT2D eigenvalue weighted by Gasteiger charge is 2.17. The number of hydrogen-bond donors (Lipinski definition) is 0. The van der Waals surface area contributed by atoms with Crippen LogP contribution in [0.5, 0.6) is 0 Å². The summed E-state index contributed by atoms with van der Waals surface area (Å²) in [6.45, 7) is 0. The summed E-state index contributed by atoms with van der Waals surface area (Å²) in [5.74, 6) is 0. The van der Waals surface area contributed by atoms with Crippen LogP contribution in [0.25, 0.3) is 33.4 Å². The first-order chi connectivity index (χ1) is 13.0. The zero-order valence-corrected chi connectivity index (χ0v) is 16.4. The van der Waals surface area contributed by atoms with Crippen LogP contribution >= 0.6 is 15.9 Å². The van der Waals surface area contributed by atoms with Gasteiger partial charge in [-0.1, -0.05) is 58.4 Å². The van der Waals surface area contributed by atoms with Crippen molar-refractivity contribution >= 4 is 27.0 Å². The summed E-state index contributed by atoms with van der Waals surface area (Å²) in [6, 6.07) is 19.4. The number of hydrogen-bond acceptors (Lipinski definition) is 3. The number of aryl methyl sites for hydroxylation is 1. The maximum atomic E-state index is 12.8. The number of pyridine rings is 1. The van der Waals surface area contributed by atoms with Crippen LogP contribution in [-0.2, 0) is 14.1 Å². The normalized spacial score (nSPS) is 11.1. The minimum atomic E-state index is -0.399. The summed E-state index contributed by atoms with van der Waals surface area (Å²) in [6.07, 6.45) is 0. The first-order valence-corrected chi connectivity index (χ1v) is 9.19. The fraction of sp³-hybridized carbons (Fsp3) is 0.0952. The lowest BCUT2D eigenvalue weighted by Gasteiger charge is -2.14. The molecule has 0 radical (unpaired) electrons. The van der Waals surface area contributed by atoms with Crippen LogP contribution in [0.4, 0.5) is 0 Å². The molecule has 0 N–H and O–H groups in total. The summed E-state index contributed by atoms with van der Waals surface area (Å²) in [4.78, 5) is 29.9. The van der Waals surface area contributed by atoms with E-state index < -0.39 is 5.56 Å². The molecule has 5 nitrogen and oxygen atoms in total. The largest absolute Gasteiger partial charge is 0.331 e. The predicted molar refractivity (Wildman–Crippen MR) is 111 cm³/mol. The van der Waals surface area contributed by atoms with Gasteiger partial charge in [-0.25, -0.2) is 9.78 Å². The molecule has 4 aromatic rings. The van der Waals surface area contributed by atoms with Gasteiger partial charge in [0.15, 0.2) is 5.52 Å². The maximum Gasteiger partial charge on any atom is 0.331 e. The zero-order chi connectivity index (χ0) is 19.1. The van der Waals surface area contributed by atoms with E-state index in [4.69, 9.17) is 0 Å². The van der Waals surface area contributed by atoms with Crippen LogP contribution < -0.4 is 11.2 Å². The van der Waals surface area contributed by atoms with Crippen LogP contribution in [0.3, 0.4) is 0 Å². The van der Waals surface area contributed by atoms with Crippen LogP contribution in [0, 0.1) is 0 Å². The molecule has 27 heavy (non-hydrogen) atoms. The fourth-order valence-corrected chi connectivity index (χ4v) is 3.46. The van der Waals surface area contributed by atoms with Gasteiger partial charge in [-0.05, 0) is 23.8 Å². The van der Waals surface area contributed by atoms with Gasteiger partial charge in [0.05, 0.1) is 11.2 Å². The Hall–Kier alpha value is -2.99. The van der Waals surface area contributed by atoms with Crippen molar-refractivity contribution < 1.29 is 0 Å². The van der Waals surface area contributed by atoms with E-state index in [-0.39, 0.29) is 11.2 Å². The van der Waals surface area contributed by atoms with Crippen LogP contribution in [0.15, 0.2) is 74.7 Å². The van der Waals surface area contributed by atoms with E-state index in [1.54, 1.807) is 7.05 Å². The summed E-state index contributed by atoms with van der Waals surface area (Å²) < 4.78 is 3.54. The van der Waals surface area contributed by atoms with E-state index >= 15 is 0 Å². The molecular weight excluding hydrogens is 406 g/mol. The van der Waals surface area contributed by atoms with E-state index in [1.807, 2.05) is 60.7 Å². The van der Waals surface area contributed by atoms with Crippen LogP contribution in [-0.4, -0.2) is 14.1 Å². The maximum absolute atomic E-state index is 12.8. The van der Waals surface area contributed by atoms with E-state index in [2.05, 4.69) is 20.9 Å². The molecule has 0 unspecified atom stereocenters. The van der Waals surface area contributed by atoms with Crippen molar-refractivity contribution in [1.29, 1.82) is 0 Å². The highest BCUT2D eigenvalue weighted by molar-refractivity contribution is 9.10. The summed E-state index contributed by atoms with van der Waals surface area (Å²) in [5.41, 5.74) is 3.35. The Morgan fingerprint density at radius 3 is 2.19 bits per heavy atom. The van der Waals surface area contributed by atoms with Gasteiger partial charge >= 0.3 is 5.69 Å². The van der Waals surface area contributed by atoms with Gasteiger partial charge < -0.3 is 0 Å². The van der Waals surface area contributed by atoms with Crippen molar-refractivity contribution in [2.45, 2.75) is 0 Å². The topological polar surface area (TPSA) is 56.9 Å². The lowest BCUT2D eigenvalue weighted by molar-refractivity contribution is 0.711. The average Bonchev–Trinajstić information content (AvgIpc) is 2.71. The van der Waals surface area contributed by atoms with Crippen molar-refractivity contribution in [3.8, 4) is 22.4 Å². The fourth-order valence-electron chi connectivity index (χ4n) is 3.20. The van der Waals surface area contributed by atoms with Gasteiger partial charge in [0.1, 0.15) is 0 Å². The molecule has 0 spiro atoms. The number of aromatic nitrogens is 3. The van der Waals surface area contributed by atoms with Crippen molar-refractivity contribution in [3.05, 3.63) is 86.0 Å². The molecule has 0 aliphatic heterocycles. The van der Waals surface area contributed by atoms with Crippen molar-refractivity contribution in [1.82, 2.24) is 14.1 Å². The molecule has 134 valence electrons. The molecule has 0 saturated carbocycles. The third-order valence-corrected chi connectivity index (χ3v) is 5.16. The van der Waals surface area contributed by atoms with Gasteiger partial charge in [-0.3, -0.25) is 13.9 Å². The van der Waals surface area contributed by atoms with Gasteiger partial charge in [-0.15, -0.1) is 0 Å². The number of rotatable bonds is 2. The summed E-state index contributed by atoms with van der Waals surface area (Å²) in [5, 5.41) is 0. The number of nitrogens with zero attached hydrogens (tertiary/aromatic N) is 3. The Labute approximate surface area is 163 Å². The third kappa shape index (κ3) is 2.92. The lowest BCUT2D eigenvalue weighted by Crippen LogP contribution is -2.37. The second-order valence-electron chi connectivity index (χ2n) is 6.33. The molecule has 2 aromatic carbocycles. The Kier molecular flexibility index (Phi) is 4.28. The van der Waals surface area contributed by atoms with E-state index in [0.717, 1.165) is 25.7 Å². The minimum absolute atomic E-state index is 0.277. The quantitative estimate of drug-likeness (QED) is 0.495. The van der Waals surface area contributed by atoms with E-state index in [0.29, 0.717) is 11.2 Å². The Bertz CT molecular complexity index is 1270. The number of fused-ring (bicyclic) bond motifs is 1. The number of halogens is 1. The average molecular weight is 422 g/mol. The SMILES string of the molecule is Cn1c(=O)c2nc(-c3ccc(Br)cc3)cc(-c3ccccc3)c2n(C)c1=O. The molecule has 4 rings (SSSR count). The molecule has 0 fully saturated rings. The monoisotopic (exact) mass is 421 g/mol. The summed E-state index contributed by atoms with van der Waals surface area (Å²) in [7, 11) is 3.14. The highest BCUT2D eigenvalue weighted by Crippen LogP contribution is 2.30. The second-order valence-corrected chi connectivity index (χ2v) is 7.25. The van der Waals surface area contributed by atoms with Crippen LogP contribution in [0.1, 0.15) is 0 Å². The van der Waals surface area contributed by atoms with Gasteiger partial charge in [0.25, 0.3) is 5.56 Å². The first kappa shape index (κ1) is 17.4. The summed E-state index contributed by atoms with van der Waals surface area (Å²) >= 11 is 3.44. The van der Waals surface area contributed by atoms with Crippen molar-refractivity contribution in [3.63, 3.8) is 0 Å². The van der Waals surface area contributed by atoms with Gasteiger partial charge in [-0.2, -0.15) is 0 Å². The minimum Gasteiger partial charge on any atom is -0.294 e. The smallest absolute Gasteiger partial charge is 0.294 e. The van der Waals surface area contributed by atoms with Crippen LogP contribution in [0.2, 0.25) is 0 Å². The molecule has 0 atom stereocenters. The standard InChI is InChI=1S/C21H16BrN3O2/c1-24-19-16(13-6-4-3-5-7-13)12-17(14-8-10-15(22)11-9-14)23-18(19)20(26)25(2)21(24)27/h3-12H,1-2H3. The molecule has 0 aliphatic carbocycles. The van der Waals surface area contributed by atoms with Gasteiger partial charge in [0.2, 0.25) is 0 Å². The zero-order valence-electron chi connectivity index (χ0n) is 14.8. The predicted octanol–water partition coefficient (Wildman–Crippen LogP) is 3.73. The first-order valence-electron chi connectivity index (χ1n) is 8.39. The van der Waals surface area contributed by atoms with Crippen molar-refractivity contribution in [2.24, 2.45) is 14.1 Å². The number of benzene rings is 2. The molecule has 6 heteroatoms. The second kappa shape index (κ2) is 6.63. The third-order valence-electron chi connectivity index (χ3n) is 4.63. The highest BCUT2D eigenvalue weighted by atomic mass is 79.9. The molecule has 2 aromatic heterocycles. The molecule has 0 saturated heterocycles.